The van der Waals surface area contributed by atoms with Crippen molar-refractivity contribution in [3.8, 4) is 11.5 Å². The van der Waals surface area contributed by atoms with Crippen molar-refractivity contribution in [1.29, 1.82) is 0 Å². The van der Waals surface area contributed by atoms with Crippen molar-refractivity contribution in [2.45, 2.75) is 90.9 Å². The van der Waals surface area contributed by atoms with Crippen LogP contribution >= 0.6 is 19.2 Å². The Morgan fingerprint density at radius 2 is 1.81 bits per heavy atom. The smallest absolute Gasteiger partial charge is 0.475 e. The average molecular weight is 773 g/mol. The second-order valence-electron chi connectivity index (χ2n) is 14.7. The van der Waals surface area contributed by atoms with Crippen LogP contribution in [0.25, 0.3) is 10.9 Å². The van der Waals surface area contributed by atoms with E-state index in [1.807, 2.05) is 53.7 Å². The molecule has 53 heavy (non-hydrogen) atoms. The maximum absolute atomic E-state index is 13.5. The fourth-order valence-corrected chi connectivity index (χ4v) is 8.55. The number of halogens is 1. The van der Waals surface area contributed by atoms with Gasteiger partial charge >= 0.3 is 7.82 Å². The van der Waals surface area contributed by atoms with Crippen LogP contribution in [-0.4, -0.2) is 76.4 Å². The summed E-state index contributed by atoms with van der Waals surface area (Å²) in [6.45, 7) is 13.5. The maximum Gasteiger partial charge on any atom is 0.475 e. The van der Waals surface area contributed by atoms with Crippen LogP contribution in [0.2, 0.25) is 0 Å². The van der Waals surface area contributed by atoms with Gasteiger partial charge in [0.15, 0.2) is 16.6 Å². The Bertz CT molecular complexity index is 1880. The van der Waals surface area contributed by atoms with E-state index in [4.69, 9.17) is 23.0 Å². The highest BCUT2D eigenvalue weighted by molar-refractivity contribution is 7.48. The second-order valence-corrected chi connectivity index (χ2v) is 17.4. The van der Waals surface area contributed by atoms with Gasteiger partial charge < -0.3 is 25.0 Å². The normalized spacial score (nSPS) is 15.5. The van der Waals surface area contributed by atoms with Crippen LogP contribution in [0.4, 0.5) is 21.0 Å². The molecular weight excluding hydrogens is 722 g/mol. The Morgan fingerprint density at radius 1 is 1.04 bits per heavy atom. The van der Waals surface area contributed by atoms with E-state index in [1.54, 1.807) is 19.4 Å². The van der Waals surface area contributed by atoms with Crippen molar-refractivity contribution in [3.63, 3.8) is 0 Å². The third kappa shape index (κ3) is 12.4. The molecule has 0 aliphatic carbocycles. The third-order valence-corrected chi connectivity index (χ3v) is 10.9. The van der Waals surface area contributed by atoms with Crippen molar-refractivity contribution in [2.75, 3.05) is 44.0 Å². The number of phosphoric acid groups is 1. The molecule has 1 saturated heterocycles. The third-order valence-electron chi connectivity index (χ3n) is 7.96. The molecule has 288 valence electrons. The summed E-state index contributed by atoms with van der Waals surface area (Å²) < 4.78 is 56.1. The molecule has 13 nitrogen and oxygen atoms in total. The average Bonchev–Trinajstić information content (AvgIpc) is 3.69. The molecule has 2 N–H and O–H groups in total. The van der Waals surface area contributed by atoms with E-state index < -0.39 is 24.8 Å². The lowest BCUT2D eigenvalue weighted by molar-refractivity contribution is -0.115. The highest BCUT2D eigenvalue weighted by atomic mass is 32.1. The first kappa shape index (κ1) is 40.5. The first-order chi connectivity index (χ1) is 25.1. The Kier molecular flexibility index (Phi) is 13.4. The zero-order chi connectivity index (χ0) is 38.2. The van der Waals surface area contributed by atoms with Gasteiger partial charge in [-0.15, -0.1) is 11.3 Å². The number of anilines is 3. The molecule has 3 heterocycles. The topological polar surface area (TPSA) is 146 Å². The Balaban J connectivity index is 1.13. The number of benzene rings is 2. The number of methoxy groups -OCH3 is 1. The molecule has 2 aromatic heterocycles. The fraction of sp³-hybridized carbons (Fsp3) is 0.514. The molecule has 4 aromatic rings. The SMILES string of the molecule is COc1cc2c(Nc3ncc(CC(=O)Nc4cccc(F)c4)s3)ncnc2cc1OCCCN1CCC[C@H]1CCOP(=O)(OC(C)(C)C)OC(C)(C)C. The zero-order valence-corrected chi connectivity index (χ0v) is 33.2. The number of nitrogens with zero attached hydrogens (tertiary/aromatic N) is 4. The molecule has 0 unspecified atom stereocenters. The van der Waals surface area contributed by atoms with Gasteiger partial charge in [0.2, 0.25) is 5.91 Å². The molecule has 0 saturated carbocycles. The minimum atomic E-state index is -3.75. The summed E-state index contributed by atoms with van der Waals surface area (Å²) in [6.07, 6.45) is 6.81. The van der Waals surface area contributed by atoms with Gasteiger partial charge in [0.25, 0.3) is 0 Å². The number of nitrogens with one attached hydrogen (secondary N) is 2. The first-order valence-electron chi connectivity index (χ1n) is 17.7. The van der Waals surface area contributed by atoms with E-state index in [0.717, 1.165) is 37.2 Å². The lowest BCUT2D eigenvalue weighted by atomic mass is 10.1. The summed E-state index contributed by atoms with van der Waals surface area (Å²) in [5.74, 6) is 0.948. The van der Waals surface area contributed by atoms with Crippen LogP contribution in [0.1, 0.15) is 72.1 Å². The number of carbonyl (C=O) groups excluding carboxylic acids is 1. The lowest BCUT2D eigenvalue weighted by Gasteiger charge is -2.31. The molecule has 0 radical (unpaired) electrons. The van der Waals surface area contributed by atoms with Gasteiger partial charge in [0.05, 0.1) is 43.5 Å². The second kappa shape index (κ2) is 17.6. The number of thiazole rings is 1. The largest absolute Gasteiger partial charge is 0.493 e. The van der Waals surface area contributed by atoms with Crippen molar-refractivity contribution < 1.29 is 36.8 Å². The van der Waals surface area contributed by atoms with Gasteiger partial charge in [-0.2, -0.15) is 0 Å². The van der Waals surface area contributed by atoms with Crippen LogP contribution in [0.15, 0.2) is 48.9 Å². The molecule has 1 aliphatic heterocycles. The number of aromatic nitrogens is 3. The molecule has 16 heteroatoms. The molecular formula is C37H50FN6O7PS. The number of fused-ring (bicyclic) bond motifs is 1. The van der Waals surface area contributed by atoms with Crippen molar-refractivity contribution >= 4 is 52.6 Å². The number of hydrogen-bond donors (Lipinski definition) is 2. The van der Waals surface area contributed by atoms with E-state index in [1.165, 1.54) is 35.9 Å². The zero-order valence-electron chi connectivity index (χ0n) is 31.4. The van der Waals surface area contributed by atoms with Crippen molar-refractivity contribution in [1.82, 2.24) is 19.9 Å². The predicted octanol–water partition coefficient (Wildman–Crippen LogP) is 8.54. The number of phosphoric ester groups is 1. The van der Waals surface area contributed by atoms with E-state index in [9.17, 15) is 13.8 Å². The predicted molar refractivity (Wildman–Crippen MR) is 205 cm³/mol. The minimum Gasteiger partial charge on any atom is -0.493 e. The van der Waals surface area contributed by atoms with Crippen LogP contribution < -0.4 is 20.1 Å². The monoisotopic (exact) mass is 772 g/mol. The number of carbonyl (C=O) groups is 1. The molecule has 1 amide bonds. The minimum absolute atomic E-state index is 0.0884. The summed E-state index contributed by atoms with van der Waals surface area (Å²) in [6, 6.07) is 9.72. The van der Waals surface area contributed by atoms with Crippen LogP contribution in [0, 0.1) is 5.82 Å². The summed E-state index contributed by atoms with van der Waals surface area (Å²) in [4.78, 5) is 28.9. The highest BCUT2D eigenvalue weighted by Crippen LogP contribution is 2.55. The molecule has 5 rings (SSSR count). The lowest BCUT2D eigenvalue weighted by Crippen LogP contribution is -2.32. The van der Waals surface area contributed by atoms with Gasteiger partial charge in [0, 0.05) is 40.8 Å². The van der Waals surface area contributed by atoms with E-state index in [-0.39, 0.29) is 18.9 Å². The molecule has 2 aromatic carbocycles. The number of amides is 1. The fourth-order valence-electron chi connectivity index (χ4n) is 5.92. The molecule has 1 fully saturated rings. The van der Waals surface area contributed by atoms with Gasteiger partial charge in [-0.25, -0.2) is 23.9 Å². The van der Waals surface area contributed by atoms with Crippen LogP contribution in [0.3, 0.4) is 0 Å². The number of likely N-dealkylation sites (tertiary alicyclic amines) is 1. The Labute approximate surface area is 314 Å². The first-order valence-corrected chi connectivity index (χ1v) is 20.0. The number of rotatable bonds is 17. The van der Waals surface area contributed by atoms with Crippen LogP contribution in [0.5, 0.6) is 11.5 Å². The van der Waals surface area contributed by atoms with E-state index in [2.05, 4.69) is 30.5 Å². The van der Waals surface area contributed by atoms with Gasteiger partial charge in [-0.05, 0) is 98.0 Å². The molecule has 1 atom stereocenters. The number of ether oxygens (including phenoxy) is 2. The highest BCUT2D eigenvalue weighted by Gasteiger charge is 2.37. The van der Waals surface area contributed by atoms with E-state index >= 15 is 0 Å². The standard InChI is InChI=1S/C37H50FN6O7PS/c1-36(2,3)50-52(46,51-37(4,5)6)49-18-14-27-13-9-15-44(27)16-10-17-48-32-22-30-29(21-31(32)47-7)34(41-24-40-30)43-35-39-23-28(53-35)20-33(45)42-26-12-8-11-25(38)19-26/h8,11-12,19,21-24,27H,9-10,13-18,20H2,1-7H3,(H,42,45)(H,39,40,41,43)/t27-/m0/s1. The molecule has 1 aliphatic rings. The van der Waals surface area contributed by atoms with Crippen molar-refractivity contribution in [2.24, 2.45) is 0 Å². The molecule has 0 spiro atoms. The summed E-state index contributed by atoms with van der Waals surface area (Å²) in [7, 11) is -2.16. The number of hydrogen-bond acceptors (Lipinski definition) is 13. The Morgan fingerprint density at radius 3 is 2.53 bits per heavy atom. The summed E-state index contributed by atoms with van der Waals surface area (Å²) >= 11 is 1.32. The van der Waals surface area contributed by atoms with Crippen LogP contribution in [-0.2, 0) is 29.4 Å². The van der Waals surface area contributed by atoms with Gasteiger partial charge in [-0.3, -0.25) is 18.4 Å². The quantitative estimate of drug-likeness (QED) is 0.0783. The van der Waals surface area contributed by atoms with Gasteiger partial charge in [-0.1, -0.05) is 6.07 Å². The Hall–Kier alpha value is -3.72. The van der Waals surface area contributed by atoms with Gasteiger partial charge in [0.1, 0.15) is 18.0 Å². The molecule has 0 bridgehead atoms. The maximum atomic E-state index is 13.5. The summed E-state index contributed by atoms with van der Waals surface area (Å²) in [5, 5.41) is 7.20. The summed E-state index contributed by atoms with van der Waals surface area (Å²) in [5.41, 5.74) is -0.303. The van der Waals surface area contributed by atoms with E-state index in [0.29, 0.717) is 58.1 Å². The van der Waals surface area contributed by atoms with Crippen molar-refractivity contribution in [3.05, 3.63) is 59.6 Å².